The minimum absolute atomic E-state index is 0.0492. The SMILES string of the molecule is CCc1ccc(CCC(=O)NCCc2nnc(C(C)C)o2)cc1. The monoisotopic (exact) mass is 315 g/mol. The molecule has 23 heavy (non-hydrogen) atoms. The second kappa shape index (κ2) is 8.46. The highest BCUT2D eigenvalue weighted by molar-refractivity contribution is 5.76. The number of aromatic nitrogens is 2. The van der Waals surface area contributed by atoms with Crippen molar-refractivity contribution in [3.63, 3.8) is 0 Å². The predicted molar refractivity (Wildman–Crippen MR) is 89.2 cm³/mol. The lowest BCUT2D eigenvalue weighted by molar-refractivity contribution is -0.121. The number of rotatable bonds is 8. The Morgan fingerprint density at radius 1 is 1.13 bits per heavy atom. The van der Waals surface area contributed by atoms with Gasteiger partial charge in [-0.05, 0) is 24.0 Å². The molecule has 1 heterocycles. The van der Waals surface area contributed by atoms with Crippen molar-refractivity contribution in [1.82, 2.24) is 15.5 Å². The van der Waals surface area contributed by atoms with Crippen LogP contribution in [0.2, 0.25) is 0 Å². The zero-order valence-corrected chi connectivity index (χ0v) is 14.1. The largest absolute Gasteiger partial charge is 0.425 e. The third-order valence-corrected chi connectivity index (χ3v) is 3.71. The molecule has 1 aromatic carbocycles. The highest BCUT2D eigenvalue weighted by Crippen LogP contribution is 2.12. The van der Waals surface area contributed by atoms with Gasteiger partial charge in [-0.3, -0.25) is 4.79 Å². The molecule has 0 saturated carbocycles. The van der Waals surface area contributed by atoms with Gasteiger partial charge in [0, 0.05) is 25.3 Å². The summed E-state index contributed by atoms with van der Waals surface area (Å²) in [4.78, 5) is 11.9. The van der Waals surface area contributed by atoms with E-state index in [9.17, 15) is 4.79 Å². The first-order chi connectivity index (χ1) is 11.1. The summed E-state index contributed by atoms with van der Waals surface area (Å²) in [7, 11) is 0. The number of benzene rings is 1. The van der Waals surface area contributed by atoms with E-state index in [0.717, 1.165) is 12.8 Å². The number of hydrogen-bond acceptors (Lipinski definition) is 4. The van der Waals surface area contributed by atoms with Gasteiger partial charge in [0.25, 0.3) is 0 Å². The van der Waals surface area contributed by atoms with E-state index in [1.807, 2.05) is 13.8 Å². The summed E-state index contributed by atoms with van der Waals surface area (Å²) in [5.74, 6) is 1.49. The number of carbonyl (C=O) groups excluding carboxylic acids is 1. The van der Waals surface area contributed by atoms with Crippen LogP contribution in [0.25, 0.3) is 0 Å². The molecule has 0 unspecified atom stereocenters. The van der Waals surface area contributed by atoms with Crippen molar-refractivity contribution in [2.24, 2.45) is 0 Å². The Hall–Kier alpha value is -2.17. The molecular formula is C18H25N3O2. The zero-order valence-electron chi connectivity index (χ0n) is 14.1. The normalized spacial score (nSPS) is 11.0. The molecule has 5 nitrogen and oxygen atoms in total. The van der Waals surface area contributed by atoms with Crippen molar-refractivity contribution < 1.29 is 9.21 Å². The highest BCUT2D eigenvalue weighted by Gasteiger charge is 2.09. The molecule has 0 saturated heterocycles. The second-order valence-corrected chi connectivity index (χ2v) is 5.96. The van der Waals surface area contributed by atoms with E-state index in [0.29, 0.717) is 31.2 Å². The second-order valence-electron chi connectivity index (χ2n) is 5.96. The van der Waals surface area contributed by atoms with Gasteiger partial charge in [-0.2, -0.15) is 0 Å². The van der Waals surface area contributed by atoms with E-state index < -0.39 is 0 Å². The quantitative estimate of drug-likeness (QED) is 0.813. The fourth-order valence-electron chi connectivity index (χ4n) is 2.20. The molecule has 0 aliphatic rings. The van der Waals surface area contributed by atoms with Crippen LogP contribution < -0.4 is 5.32 Å². The van der Waals surface area contributed by atoms with Crippen LogP contribution in [0, 0.1) is 0 Å². The molecule has 124 valence electrons. The summed E-state index contributed by atoms with van der Waals surface area (Å²) in [5.41, 5.74) is 2.51. The topological polar surface area (TPSA) is 68.0 Å². The van der Waals surface area contributed by atoms with Crippen LogP contribution in [0.5, 0.6) is 0 Å². The molecule has 0 atom stereocenters. The fourth-order valence-corrected chi connectivity index (χ4v) is 2.20. The van der Waals surface area contributed by atoms with Gasteiger partial charge in [-0.25, -0.2) is 0 Å². The number of amides is 1. The highest BCUT2D eigenvalue weighted by atomic mass is 16.4. The van der Waals surface area contributed by atoms with Crippen LogP contribution in [0.15, 0.2) is 28.7 Å². The first-order valence-electron chi connectivity index (χ1n) is 8.25. The molecule has 0 spiro atoms. The summed E-state index contributed by atoms with van der Waals surface area (Å²) >= 11 is 0. The smallest absolute Gasteiger partial charge is 0.220 e. The molecule has 0 fully saturated rings. The van der Waals surface area contributed by atoms with Crippen LogP contribution in [0.4, 0.5) is 0 Å². The first kappa shape index (κ1) is 17.2. The Morgan fingerprint density at radius 3 is 2.43 bits per heavy atom. The van der Waals surface area contributed by atoms with Crippen molar-refractivity contribution in [3.05, 3.63) is 47.2 Å². The number of nitrogens with zero attached hydrogens (tertiary/aromatic N) is 2. The molecule has 2 aromatic rings. The fraction of sp³-hybridized carbons (Fsp3) is 0.500. The lowest BCUT2D eigenvalue weighted by Gasteiger charge is -2.05. The van der Waals surface area contributed by atoms with E-state index in [2.05, 4.69) is 46.7 Å². The first-order valence-corrected chi connectivity index (χ1v) is 8.25. The third-order valence-electron chi connectivity index (χ3n) is 3.71. The van der Waals surface area contributed by atoms with E-state index in [1.54, 1.807) is 0 Å². The van der Waals surface area contributed by atoms with Crippen LogP contribution in [-0.2, 0) is 24.1 Å². The molecule has 5 heteroatoms. The molecule has 0 aliphatic heterocycles. The summed E-state index contributed by atoms with van der Waals surface area (Å²) in [6.45, 7) is 6.67. The van der Waals surface area contributed by atoms with Crippen molar-refractivity contribution in [3.8, 4) is 0 Å². The minimum Gasteiger partial charge on any atom is -0.425 e. The van der Waals surface area contributed by atoms with Gasteiger partial charge in [0.2, 0.25) is 17.7 Å². The molecule has 0 bridgehead atoms. The average Bonchev–Trinajstić information content (AvgIpc) is 3.02. The maximum Gasteiger partial charge on any atom is 0.220 e. The van der Waals surface area contributed by atoms with Gasteiger partial charge in [0.15, 0.2) is 0 Å². The average molecular weight is 315 g/mol. The van der Waals surface area contributed by atoms with E-state index in [-0.39, 0.29) is 11.8 Å². The Kier molecular flexibility index (Phi) is 6.32. The molecule has 0 aliphatic carbocycles. The number of hydrogen-bond donors (Lipinski definition) is 1. The minimum atomic E-state index is 0.0492. The van der Waals surface area contributed by atoms with Gasteiger partial charge in [0.05, 0.1) is 0 Å². The molecule has 2 rings (SSSR count). The standard InChI is InChI=1S/C18H25N3O2/c1-4-14-5-7-15(8-6-14)9-10-16(22)19-12-11-17-20-21-18(23-17)13(2)3/h5-8,13H,4,9-12H2,1-3H3,(H,19,22). The van der Waals surface area contributed by atoms with Crippen LogP contribution in [-0.4, -0.2) is 22.6 Å². The Bertz CT molecular complexity index is 617. The van der Waals surface area contributed by atoms with Gasteiger partial charge >= 0.3 is 0 Å². The number of carbonyl (C=O) groups is 1. The van der Waals surface area contributed by atoms with Crippen molar-refractivity contribution >= 4 is 5.91 Å². The van der Waals surface area contributed by atoms with Gasteiger partial charge in [-0.1, -0.05) is 45.0 Å². The van der Waals surface area contributed by atoms with Crippen LogP contribution >= 0.6 is 0 Å². The zero-order chi connectivity index (χ0) is 16.7. The number of aryl methyl sites for hydroxylation is 2. The van der Waals surface area contributed by atoms with Crippen molar-refractivity contribution in [2.75, 3.05) is 6.54 Å². The molecule has 1 aromatic heterocycles. The maximum atomic E-state index is 11.9. The van der Waals surface area contributed by atoms with E-state index in [4.69, 9.17) is 4.42 Å². The van der Waals surface area contributed by atoms with Crippen LogP contribution in [0.1, 0.15) is 56.0 Å². The molecule has 1 N–H and O–H groups in total. The van der Waals surface area contributed by atoms with Crippen LogP contribution in [0.3, 0.4) is 0 Å². The summed E-state index contributed by atoms with van der Waals surface area (Å²) < 4.78 is 5.50. The lowest BCUT2D eigenvalue weighted by atomic mass is 10.1. The summed E-state index contributed by atoms with van der Waals surface area (Å²) in [6.07, 6.45) is 2.85. The number of nitrogens with one attached hydrogen (secondary N) is 1. The molecular weight excluding hydrogens is 290 g/mol. The van der Waals surface area contributed by atoms with Crippen molar-refractivity contribution in [2.45, 2.75) is 52.4 Å². The molecule has 0 radical (unpaired) electrons. The van der Waals surface area contributed by atoms with E-state index in [1.165, 1.54) is 11.1 Å². The lowest BCUT2D eigenvalue weighted by Crippen LogP contribution is -2.25. The van der Waals surface area contributed by atoms with Gasteiger partial charge in [-0.15, -0.1) is 10.2 Å². The third kappa shape index (κ3) is 5.51. The molecule has 1 amide bonds. The Balaban J connectivity index is 1.68. The summed E-state index contributed by atoms with van der Waals surface area (Å²) in [5, 5.41) is 10.8. The predicted octanol–water partition coefficient (Wildman–Crippen LogP) is 3.05. The van der Waals surface area contributed by atoms with E-state index >= 15 is 0 Å². The summed E-state index contributed by atoms with van der Waals surface area (Å²) in [6, 6.07) is 8.43. The van der Waals surface area contributed by atoms with Gasteiger partial charge in [0.1, 0.15) is 0 Å². The Morgan fingerprint density at radius 2 is 1.83 bits per heavy atom. The van der Waals surface area contributed by atoms with Gasteiger partial charge < -0.3 is 9.73 Å². The maximum absolute atomic E-state index is 11.9. The Labute approximate surface area is 137 Å². The van der Waals surface area contributed by atoms with Crippen molar-refractivity contribution in [1.29, 1.82) is 0 Å².